The molecule has 0 atom stereocenters. The third kappa shape index (κ3) is 4.91. The fourth-order valence-corrected chi connectivity index (χ4v) is 2.50. The van der Waals surface area contributed by atoms with E-state index in [4.69, 9.17) is 28.2 Å². The number of hydrogen-bond acceptors (Lipinski definition) is 3. The lowest BCUT2D eigenvalue weighted by Crippen LogP contribution is -2.31. The Balaban J connectivity index is 1.53. The van der Waals surface area contributed by atoms with Gasteiger partial charge in [0.25, 0.3) is 0 Å². The molecule has 2 N–H and O–H groups in total. The Labute approximate surface area is 160 Å². The maximum absolute atomic E-state index is 13.2. The van der Waals surface area contributed by atoms with Gasteiger partial charge in [-0.1, -0.05) is 41.9 Å². The predicted molar refractivity (Wildman–Crippen MR) is 106 cm³/mol. The first-order chi connectivity index (χ1) is 12.6. The molecule has 0 aliphatic rings. The Kier molecular flexibility index (Phi) is 5.99. The van der Waals surface area contributed by atoms with Crippen molar-refractivity contribution in [1.29, 1.82) is 0 Å². The topological polar surface area (TPSA) is 49.6 Å². The Morgan fingerprint density at radius 3 is 2.73 bits per heavy atom. The molecule has 1 heterocycles. The van der Waals surface area contributed by atoms with E-state index in [0.717, 1.165) is 5.56 Å². The minimum Gasteiger partial charge on any atom is -0.455 e. The quantitative estimate of drug-likeness (QED) is 0.377. The Bertz CT molecular complexity index is 928. The standard InChI is InChI=1S/C19H15ClFN3OS/c20-16-10-14(6-8-17(16)21)18-9-7-15(25-18)12-23-24-19(26)22-11-13-4-2-1-3-5-13/h1-10,12H,11H2,(H2,22,24,26). The summed E-state index contributed by atoms with van der Waals surface area (Å²) < 4.78 is 18.9. The Hall–Kier alpha value is -2.70. The van der Waals surface area contributed by atoms with E-state index in [1.807, 2.05) is 30.3 Å². The van der Waals surface area contributed by atoms with Crippen LogP contribution in [0, 0.1) is 5.82 Å². The number of nitrogens with one attached hydrogen (secondary N) is 2. The van der Waals surface area contributed by atoms with Gasteiger partial charge < -0.3 is 9.73 Å². The molecule has 4 nitrogen and oxygen atoms in total. The Morgan fingerprint density at radius 2 is 1.96 bits per heavy atom. The van der Waals surface area contributed by atoms with Gasteiger partial charge in [-0.15, -0.1) is 0 Å². The molecule has 0 bridgehead atoms. The largest absolute Gasteiger partial charge is 0.455 e. The van der Waals surface area contributed by atoms with E-state index in [0.29, 0.717) is 28.7 Å². The first-order valence-corrected chi connectivity index (χ1v) is 8.56. The highest BCUT2D eigenvalue weighted by atomic mass is 35.5. The number of nitrogens with zero attached hydrogens (tertiary/aromatic N) is 1. The molecule has 0 fully saturated rings. The maximum Gasteiger partial charge on any atom is 0.187 e. The lowest BCUT2D eigenvalue weighted by atomic mass is 10.2. The fourth-order valence-electron chi connectivity index (χ4n) is 2.20. The van der Waals surface area contributed by atoms with Crippen molar-refractivity contribution in [2.24, 2.45) is 5.10 Å². The summed E-state index contributed by atoms with van der Waals surface area (Å²) in [6.07, 6.45) is 1.51. The normalized spacial score (nSPS) is 10.8. The summed E-state index contributed by atoms with van der Waals surface area (Å²) in [5.74, 6) is 0.626. The van der Waals surface area contributed by atoms with Crippen molar-refractivity contribution in [1.82, 2.24) is 10.7 Å². The molecule has 0 radical (unpaired) electrons. The van der Waals surface area contributed by atoms with Crippen LogP contribution in [0.25, 0.3) is 11.3 Å². The van der Waals surface area contributed by atoms with Crippen LogP contribution in [-0.4, -0.2) is 11.3 Å². The van der Waals surface area contributed by atoms with Crippen molar-refractivity contribution in [2.75, 3.05) is 0 Å². The molecule has 0 spiro atoms. The summed E-state index contributed by atoms with van der Waals surface area (Å²) in [5, 5.41) is 7.54. The predicted octanol–water partition coefficient (Wildman–Crippen LogP) is 4.74. The van der Waals surface area contributed by atoms with E-state index >= 15 is 0 Å². The maximum atomic E-state index is 13.2. The van der Waals surface area contributed by atoms with Crippen LogP contribution < -0.4 is 10.7 Å². The molecule has 26 heavy (non-hydrogen) atoms. The summed E-state index contributed by atoms with van der Waals surface area (Å²) in [4.78, 5) is 0. The minimum atomic E-state index is -0.468. The van der Waals surface area contributed by atoms with Crippen molar-refractivity contribution in [3.63, 3.8) is 0 Å². The summed E-state index contributed by atoms with van der Waals surface area (Å²) in [6, 6.07) is 17.8. The van der Waals surface area contributed by atoms with Crippen molar-refractivity contribution in [3.05, 3.63) is 82.8 Å². The van der Waals surface area contributed by atoms with E-state index in [-0.39, 0.29) is 5.02 Å². The smallest absolute Gasteiger partial charge is 0.187 e. The van der Waals surface area contributed by atoms with Crippen LogP contribution in [0.5, 0.6) is 0 Å². The molecular formula is C19H15ClFN3OS. The third-order valence-electron chi connectivity index (χ3n) is 3.48. The van der Waals surface area contributed by atoms with Crippen LogP contribution in [0.1, 0.15) is 11.3 Å². The average molecular weight is 388 g/mol. The molecule has 0 aliphatic carbocycles. The zero-order valence-electron chi connectivity index (χ0n) is 13.6. The number of rotatable bonds is 5. The first kappa shape index (κ1) is 18.1. The molecule has 1 aromatic heterocycles. The molecule has 0 saturated heterocycles. The van der Waals surface area contributed by atoms with E-state index in [1.165, 1.54) is 18.3 Å². The number of benzene rings is 2. The molecule has 0 unspecified atom stereocenters. The molecule has 0 amide bonds. The van der Waals surface area contributed by atoms with Crippen LogP contribution >= 0.6 is 23.8 Å². The SMILES string of the molecule is Fc1ccc(-c2ccc(C=NNC(=S)NCc3ccccc3)o2)cc1Cl. The summed E-state index contributed by atoms with van der Waals surface area (Å²) >= 11 is 10.9. The van der Waals surface area contributed by atoms with E-state index < -0.39 is 5.82 Å². The van der Waals surface area contributed by atoms with E-state index in [9.17, 15) is 4.39 Å². The lowest BCUT2D eigenvalue weighted by molar-refractivity contribution is 0.574. The molecule has 132 valence electrons. The van der Waals surface area contributed by atoms with Crippen LogP contribution in [-0.2, 0) is 6.54 Å². The van der Waals surface area contributed by atoms with Gasteiger partial charge in [-0.05, 0) is 48.1 Å². The summed E-state index contributed by atoms with van der Waals surface area (Å²) in [6.45, 7) is 0.610. The average Bonchev–Trinajstić information content (AvgIpc) is 3.12. The van der Waals surface area contributed by atoms with Gasteiger partial charge in [0.1, 0.15) is 17.3 Å². The van der Waals surface area contributed by atoms with Crippen molar-refractivity contribution < 1.29 is 8.81 Å². The van der Waals surface area contributed by atoms with E-state index in [1.54, 1.807) is 18.2 Å². The molecule has 3 rings (SSSR count). The molecule has 7 heteroatoms. The number of hydrazone groups is 1. The number of furan rings is 1. The second-order valence-corrected chi connectivity index (χ2v) is 6.18. The van der Waals surface area contributed by atoms with Gasteiger partial charge >= 0.3 is 0 Å². The van der Waals surface area contributed by atoms with Gasteiger partial charge in [-0.2, -0.15) is 5.10 Å². The first-order valence-electron chi connectivity index (χ1n) is 7.78. The highest BCUT2D eigenvalue weighted by Gasteiger charge is 2.07. The summed E-state index contributed by atoms with van der Waals surface area (Å²) in [7, 11) is 0. The molecule has 0 aliphatic heterocycles. The minimum absolute atomic E-state index is 0.0469. The Morgan fingerprint density at radius 1 is 1.15 bits per heavy atom. The second-order valence-electron chi connectivity index (χ2n) is 5.37. The van der Waals surface area contributed by atoms with Gasteiger partial charge in [0.05, 0.1) is 11.2 Å². The van der Waals surface area contributed by atoms with Gasteiger partial charge in [0.15, 0.2) is 5.11 Å². The zero-order chi connectivity index (χ0) is 18.4. The zero-order valence-corrected chi connectivity index (χ0v) is 15.2. The van der Waals surface area contributed by atoms with Gasteiger partial charge in [0.2, 0.25) is 0 Å². The second kappa shape index (κ2) is 8.60. The van der Waals surface area contributed by atoms with Crippen LogP contribution in [0.2, 0.25) is 5.02 Å². The molecule has 3 aromatic rings. The lowest BCUT2D eigenvalue weighted by Gasteiger charge is -2.06. The number of thiocarbonyl (C=S) groups is 1. The van der Waals surface area contributed by atoms with Crippen molar-refractivity contribution in [3.8, 4) is 11.3 Å². The third-order valence-corrected chi connectivity index (χ3v) is 4.01. The molecule has 2 aromatic carbocycles. The van der Waals surface area contributed by atoms with Crippen molar-refractivity contribution in [2.45, 2.75) is 6.54 Å². The molecular weight excluding hydrogens is 373 g/mol. The number of halogens is 2. The number of hydrogen-bond donors (Lipinski definition) is 2. The van der Waals surface area contributed by atoms with Crippen LogP contribution in [0.15, 0.2) is 70.2 Å². The monoisotopic (exact) mass is 387 g/mol. The van der Waals surface area contributed by atoms with Crippen LogP contribution in [0.4, 0.5) is 4.39 Å². The highest BCUT2D eigenvalue weighted by molar-refractivity contribution is 7.80. The fraction of sp³-hybridized carbons (Fsp3) is 0.0526. The van der Waals surface area contributed by atoms with Gasteiger partial charge in [-0.25, -0.2) is 4.39 Å². The van der Waals surface area contributed by atoms with E-state index in [2.05, 4.69) is 15.8 Å². The van der Waals surface area contributed by atoms with Crippen LogP contribution in [0.3, 0.4) is 0 Å². The highest BCUT2D eigenvalue weighted by Crippen LogP contribution is 2.26. The summed E-state index contributed by atoms with van der Waals surface area (Å²) in [5.41, 5.74) is 4.53. The van der Waals surface area contributed by atoms with Gasteiger partial charge in [0, 0.05) is 12.1 Å². The van der Waals surface area contributed by atoms with Gasteiger partial charge in [-0.3, -0.25) is 5.43 Å². The van der Waals surface area contributed by atoms with Crippen molar-refractivity contribution >= 4 is 35.1 Å². The molecule has 0 saturated carbocycles.